The number of carboxylic acids is 1. The lowest BCUT2D eigenvalue weighted by atomic mass is 10.2. The monoisotopic (exact) mass is 222 g/mol. The first-order valence-electron chi connectivity index (χ1n) is 5.22. The summed E-state index contributed by atoms with van der Waals surface area (Å²) in [4.78, 5) is 17.1. The molecular weight excluding hydrogens is 208 g/mol. The van der Waals surface area contributed by atoms with E-state index in [0.717, 1.165) is 13.1 Å². The van der Waals surface area contributed by atoms with Gasteiger partial charge >= 0.3 is 5.97 Å². The second-order valence-electron chi connectivity index (χ2n) is 3.84. The van der Waals surface area contributed by atoms with Crippen LogP contribution in [0.5, 0.6) is 0 Å². The summed E-state index contributed by atoms with van der Waals surface area (Å²) in [6.07, 6.45) is 1.68. The van der Waals surface area contributed by atoms with Crippen LogP contribution in [0.1, 0.15) is 17.3 Å². The van der Waals surface area contributed by atoms with Gasteiger partial charge in [0, 0.05) is 19.3 Å². The maximum atomic E-state index is 10.8. The predicted molar refractivity (Wildman–Crippen MR) is 58.8 cm³/mol. The third-order valence-corrected chi connectivity index (χ3v) is 2.56. The number of hydrogen-bond donors (Lipinski definition) is 1. The molecule has 0 bridgehead atoms. The molecular formula is C11H14N2O3. The number of morpholine rings is 1. The van der Waals surface area contributed by atoms with Crippen molar-refractivity contribution in [3.63, 3.8) is 0 Å². The van der Waals surface area contributed by atoms with Gasteiger partial charge in [0.1, 0.15) is 5.82 Å². The first kappa shape index (κ1) is 10.9. The Hall–Kier alpha value is -1.62. The lowest BCUT2D eigenvalue weighted by molar-refractivity contribution is 0.0529. The van der Waals surface area contributed by atoms with E-state index in [9.17, 15) is 4.79 Å². The molecule has 1 aromatic rings. The number of nitrogens with zero attached hydrogens (tertiary/aromatic N) is 2. The van der Waals surface area contributed by atoms with Crippen LogP contribution >= 0.6 is 0 Å². The highest BCUT2D eigenvalue weighted by molar-refractivity contribution is 5.88. The molecule has 0 aromatic carbocycles. The summed E-state index contributed by atoms with van der Waals surface area (Å²) in [7, 11) is 0. The SMILES string of the molecule is C[C@@H]1CN(c2cc(C(=O)O)ccn2)CCO1. The Kier molecular flexibility index (Phi) is 3.05. The Labute approximate surface area is 93.7 Å². The van der Waals surface area contributed by atoms with Gasteiger partial charge in [-0.1, -0.05) is 0 Å². The molecule has 0 aliphatic carbocycles. The van der Waals surface area contributed by atoms with Crippen molar-refractivity contribution in [3.8, 4) is 0 Å². The summed E-state index contributed by atoms with van der Waals surface area (Å²) in [5.41, 5.74) is 0.268. The van der Waals surface area contributed by atoms with Gasteiger partial charge in [0.05, 0.1) is 18.3 Å². The van der Waals surface area contributed by atoms with Crippen molar-refractivity contribution in [1.82, 2.24) is 4.98 Å². The van der Waals surface area contributed by atoms with Gasteiger partial charge in [0.2, 0.25) is 0 Å². The van der Waals surface area contributed by atoms with E-state index >= 15 is 0 Å². The second-order valence-corrected chi connectivity index (χ2v) is 3.84. The summed E-state index contributed by atoms with van der Waals surface area (Å²) < 4.78 is 5.42. The van der Waals surface area contributed by atoms with Crippen LogP contribution < -0.4 is 4.90 Å². The van der Waals surface area contributed by atoms with Crippen molar-refractivity contribution >= 4 is 11.8 Å². The van der Waals surface area contributed by atoms with Gasteiger partial charge in [0.15, 0.2) is 0 Å². The third-order valence-electron chi connectivity index (χ3n) is 2.56. The number of carboxylic acid groups (broad SMARTS) is 1. The summed E-state index contributed by atoms with van der Waals surface area (Å²) in [6.45, 7) is 4.14. The first-order chi connectivity index (χ1) is 7.66. The highest BCUT2D eigenvalue weighted by atomic mass is 16.5. The topological polar surface area (TPSA) is 62.7 Å². The van der Waals surface area contributed by atoms with Crippen LogP contribution in [0, 0.1) is 0 Å². The molecule has 0 radical (unpaired) electrons. The quantitative estimate of drug-likeness (QED) is 0.809. The molecule has 86 valence electrons. The minimum atomic E-state index is -0.926. The number of aromatic nitrogens is 1. The van der Waals surface area contributed by atoms with Gasteiger partial charge < -0.3 is 14.7 Å². The minimum Gasteiger partial charge on any atom is -0.478 e. The largest absolute Gasteiger partial charge is 0.478 e. The number of carbonyl (C=O) groups is 1. The normalized spacial score (nSPS) is 20.8. The van der Waals surface area contributed by atoms with E-state index in [1.165, 1.54) is 12.3 Å². The fourth-order valence-corrected chi connectivity index (χ4v) is 1.75. The molecule has 2 rings (SSSR count). The smallest absolute Gasteiger partial charge is 0.335 e. The number of hydrogen-bond acceptors (Lipinski definition) is 4. The minimum absolute atomic E-state index is 0.157. The lowest BCUT2D eigenvalue weighted by Gasteiger charge is -2.32. The molecule has 1 aromatic heterocycles. The number of ether oxygens (including phenoxy) is 1. The van der Waals surface area contributed by atoms with Crippen molar-refractivity contribution in [3.05, 3.63) is 23.9 Å². The molecule has 0 saturated carbocycles. The molecule has 5 heteroatoms. The number of aromatic carboxylic acids is 1. The average molecular weight is 222 g/mol. The number of pyridine rings is 1. The van der Waals surface area contributed by atoms with Crippen molar-refractivity contribution in [2.75, 3.05) is 24.6 Å². The molecule has 1 fully saturated rings. The molecule has 1 N–H and O–H groups in total. The molecule has 16 heavy (non-hydrogen) atoms. The highest BCUT2D eigenvalue weighted by Crippen LogP contribution is 2.16. The average Bonchev–Trinajstić information content (AvgIpc) is 2.29. The fraction of sp³-hybridized carbons (Fsp3) is 0.455. The van der Waals surface area contributed by atoms with Gasteiger partial charge in [-0.3, -0.25) is 0 Å². The zero-order valence-electron chi connectivity index (χ0n) is 9.09. The Morgan fingerprint density at radius 1 is 1.69 bits per heavy atom. The molecule has 1 saturated heterocycles. The second kappa shape index (κ2) is 4.49. The maximum absolute atomic E-state index is 10.8. The molecule has 0 spiro atoms. The molecule has 5 nitrogen and oxygen atoms in total. The van der Waals surface area contributed by atoms with E-state index in [2.05, 4.69) is 4.98 Å². The Morgan fingerprint density at radius 3 is 3.19 bits per heavy atom. The van der Waals surface area contributed by atoms with E-state index in [1.807, 2.05) is 11.8 Å². The Bertz CT molecular complexity index is 395. The maximum Gasteiger partial charge on any atom is 0.335 e. The zero-order chi connectivity index (χ0) is 11.5. The summed E-state index contributed by atoms with van der Waals surface area (Å²) in [6, 6.07) is 3.09. The standard InChI is InChI=1S/C11H14N2O3/c1-8-7-13(4-5-16-8)10-6-9(11(14)15)2-3-12-10/h2-3,6,8H,4-5,7H2,1H3,(H,14,15)/t8-/m1/s1. The summed E-state index contributed by atoms with van der Waals surface area (Å²) in [5, 5.41) is 8.89. The third kappa shape index (κ3) is 2.30. The first-order valence-corrected chi connectivity index (χ1v) is 5.22. The van der Waals surface area contributed by atoms with Crippen LogP contribution in [0.2, 0.25) is 0 Å². The lowest BCUT2D eigenvalue weighted by Crippen LogP contribution is -2.41. The van der Waals surface area contributed by atoms with Crippen LogP contribution in [-0.2, 0) is 4.74 Å². The van der Waals surface area contributed by atoms with E-state index in [4.69, 9.17) is 9.84 Å². The molecule has 2 heterocycles. The van der Waals surface area contributed by atoms with E-state index in [0.29, 0.717) is 12.4 Å². The van der Waals surface area contributed by atoms with Crippen LogP contribution in [0.4, 0.5) is 5.82 Å². The fourth-order valence-electron chi connectivity index (χ4n) is 1.75. The van der Waals surface area contributed by atoms with Gasteiger partial charge in [0.25, 0.3) is 0 Å². The Morgan fingerprint density at radius 2 is 2.50 bits per heavy atom. The van der Waals surface area contributed by atoms with Gasteiger partial charge in [-0.2, -0.15) is 0 Å². The predicted octanol–water partition coefficient (Wildman–Crippen LogP) is 1.00. The van der Waals surface area contributed by atoms with Crippen LogP contribution in [0.25, 0.3) is 0 Å². The van der Waals surface area contributed by atoms with Crippen molar-refractivity contribution in [2.45, 2.75) is 13.0 Å². The van der Waals surface area contributed by atoms with Gasteiger partial charge in [-0.15, -0.1) is 0 Å². The number of rotatable bonds is 2. The van der Waals surface area contributed by atoms with Crippen molar-refractivity contribution in [1.29, 1.82) is 0 Å². The van der Waals surface area contributed by atoms with Crippen molar-refractivity contribution in [2.24, 2.45) is 0 Å². The van der Waals surface area contributed by atoms with Crippen LogP contribution in [-0.4, -0.2) is 41.9 Å². The van der Waals surface area contributed by atoms with E-state index in [1.54, 1.807) is 6.07 Å². The summed E-state index contributed by atoms with van der Waals surface area (Å²) in [5.74, 6) is -0.222. The summed E-state index contributed by atoms with van der Waals surface area (Å²) >= 11 is 0. The highest BCUT2D eigenvalue weighted by Gasteiger charge is 2.18. The Balaban J connectivity index is 2.19. The van der Waals surface area contributed by atoms with Gasteiger partial charge in [-0.05, 0) is 19.1 Å². The molecule has 0 unspecified atom stereocenters. The van der Waals surface area contributed by atoms with E-state index < -0.39 is 5.97 Å². The number of anilines is 1. The van der Waals surface area contributed by atoms with Crippen LogP contribution in [0.15, 0.2) is 18.3 Å². The zero-order valence-corrected chi connectivity index (χ0v) is 9.09. The van der Waals surface area contributed by atoms with Crippen LogP contribution in [0.3, 0.4) is 0 Å². The molecule has 1 aliphatic rings. The molecule has 0 amide bonds. The van der Waals surface area contributed by atoms with Gasteiger partial charge in [-0.25, -0.2) is 9.78 Å². The molecule has 1 aliphatic heterocycles. The molecule has 1 atom stereocenters. The van der Waals surface area contributed by atoms with Crippen molar-refractivity contribution < 1.29 is 14.6 Å². The van der Waals surface area contributed by atoms with E-state index in [-0.39, 0.29) is 11.7 Å².